The molecule has 0 radical (unpaired) electrons. The maximum absolute atomic E-state index is 5.16. The zero-order valence-corrected chi connectivity index (χ0v) is 7.11. The Morgan fingerprint density at radius 3 is 3.00 bits per heavy atom. The summed E-state index contributed by atoms with van der Waals surface area (Å²) >= 11 is 0. The van der Waals surface area contributed by atoms with Crippen molar-refractivity contribution in [2.24, 2.45) is 0 Å². The summed E-state index contributed by atoms with van der Waals surface area (Å²) < 4.78 is 5.16. The Morgan fingerprint density at radius 1 is 1.42 bits per heavy atom. The van der Waals surface area contributed by atoms with Crippen LogP contribution in [-0.4, -0.2) is 9.97 Å². The predicted octanol–water partition coefficient (Wildman–Crippen LogP) is 2.35. The fourth-order valence-electron chi connectivity index (χ4n) is 1.05. The molecule has 0 bridgehead atoms. The van der Waals surface area contributed by atoms with Crippen LogP contribution in [0.15, 0.2) is 22.9 Å². The first-order chi connectivity index (χ1) is 5.77. The predicted molar refractivity (Wildman–Crippen MR) is 45.9 cm³/mol. The Kier molecular flexibility index (Phi) is 1.57. The lowest BCUT2D eigenvalue weighted by atomic mass is 10.2. The minimum atomic E-state index is 0.347. The van der Waals surface area contributed by atoms with E-state index < -0.39 is 0 Å². The number of hydrogen-bond donors (Lipinski definition) is 0. The number of fused-ring (bicyclic) bond motifs is 1. The van der Waals surface area contributed by atoms with Gasteiger partial charge >= 0.3 is 0 Å². The quantitative estimate of drug-likeness (QED) is 0.646. The second kappa shape index (κ2) is 2.59. The minimum absolute atomic E-state index is 0.347. The van der Waals surface area contributed by atoms with E-state index in [1.54, 1.807) is 12.5 Å². The van der Waals surface area contributed by atoms with E-state index in [1.165, 1.54) is 0 Å². The molecule has 0 spiro atoms. The van der Waals surface area contributed by atoms with E-state index in [0.29, 0.717) is 11.6 Å². The maximum atomic E-state index is 5.16. The molecular formula is C9H10N2O. The van der Waals surface area contributed by atoms with E-state index in [0.717, 1.165) is 11.2 Å². The highest BCUT2D eigenvalue weighted by Crippen LogP contribution is 2.15. The van der Waals surface area contributed by atoms with Gasteiger partial charge in [-0.25, -0.2) is 4.98 Å². The molecule has 0 aromatic carbocycles. The summed E-state index contributed by atoms with van der Waals surface area (Å²) in [6.07, 6.45) is 3.42. The molecule has 62 valence electrons. The third kappa shape index (κ3) is 1.07. The monoisotopic (exact) mass is 162 g/mol. The van der Waals surface area contributed by atoms with E-state index in [9.17, 15) is 0 Å². The summed E-state index contributed by atoms with van der Waals surface area (Å²) in [6.45, 7) is 4.12. The van der Waals surface area contributed by atoms with Crippen molar-refractivity contribution in [1.29, 1.82) is 0 Å². The molecule has 2 aromatic heterocycles. The van der Waals surface area contributed by atoms with E-state index >= 15 is 0 Å². The number of aromatic nitrogens is 2. The number of rotatable bonds is 1. The van der Waals surface area contributed by atoms with Crippen molar-refractivity contribution in [1.82, 2.24) is 9.97 Å². The highest BCUT2D eigenvalue weighted by Gasteiger charge is 2.04. The first-order valence-electron chi connectivity index (χ1n) is 3.97. The van der Waals surface area contributed by atoms with Gasteiger partial charge in [-0.1, -0.05) is 13.8 Å². The van der Waals surface area contributed by atoms with Gasteiger partial charge in [0.25, 0.3) is 0 Å². The first kappa shape index (κ1) is 7.28. The maximum Gasteiger partial charge on any atom is 0.229 e. The van der Waals surface area contributed by atoms with Gasteiger partial charge in [-0.15, -0.1) is 0 Å². The van der Waals surface area contributed by atoms with E-state index in [4.69, 9.17) is 4.42 Å². The molecule has 2 heterocycles. The molecule has 0 aliphatic heterocycles. The van der Waals surface area contributed by atoms with Crippen LogP contribution in [0.5, 0.6) is 0 Å². The molecule has 0 unspecified atom stereocenters. The molecule has 3 nitrogen and oxygen atoms in total. The van der Waals surface area contributed by atoms with Gasteiger partial charge in [0.15, 0.2) is 0 Å². The Hall–Kier alpha value is -1.38. The lowest BCUT2D eigenvalue weighted by Gasteiger charge is -2.00. The summed E-state index contributed by atoms with van der Waals surface area (Å²) in [5, 5.41) is 0.958. The zero-order valence-electron chi connectivity index (χ0n) is 7.11. The fraction of sp³-hybridized carbons (Fsp3) is 0.333. The molecule has 0 aliphatic carbocycles. The minimum Gasteiger partial charge on any atom is -0.446 e. The van der Waals surface area contributed by atoms with E-state index in [-0.39, 0.29) is 0 Å². The summed E-state index contributed by atoms with van der Waals surface area (Å²) in [4.78, 5) is 8.46. The third-order valence-corrected chi connectivity index (χ3v) is 1.74. The molecule has 0 fully saturated rings. The van der Waals surface area contributed by atoms with Gasteiger partial charge in [-0.05, 0) is 6.07 Å². The second-order valence-corrected chi connectivity index (χ2v) is 3.06. The van der Waals surface area contributed by atoms with Gasteiger partial charge in [0.05, 0.1) is 11.6 Å². The van der Waals surface area contributed by atoms with E-state index in [1.807, 2.05) is 6.07 Å². The Morgan fingerprint density at radius 2 is 2.25 bits per heavy atom. The molecule has 0 amide bonds. The summed E-state index contributed by atoms with van der Waals surface area (Å²) in [5.41, 5.74) is 0.675. The van der Waals surface area contributed by atoms with Crippen LogP contribution in [0.25, 0.3) is 11.1 Å². The van der Waals surface area contributed by atoms with Crippen LogP contribution in [0.1, 0.15) is 25.6 Å². The molecule has 0 saturated heterocycles. The van der Waals surface area contributed by atoms with Crippen molar-refractivity contribution < 1.29 is 4.42 Å². The Bertz CT molecular complexity index is 392. The van der Waals surface area contributed by atoms with Crippen molar-refractivity contribution in [2.45, 2.75) is 19.8 Å². The SMILES string of the molecule is CC(C)c1ncc2ccoc2n1. The normalized spacial score (nSPS) is 11.2. The van der Waals surface area contributed by atoms with Gasteiger partial charge in [0.2, 0.25) is 5.71 Å². The lowest BCUT2D eigenvalue weighted by Crippen LogP contribution is -1.95. The van der Waals surface area contributed by atoms with Crippen molar-refractivity contribution in [3.05, 3.63) is 24.4 Å². The molecule has 0 N–H and O–H groups in total. The molecule has 2 aromatic rings. The topological polar surface area (TPSA) is 38.9 Å². The Balaban J connectivity index is 2.60. The summed E-state index contributed by atoms with van der Waals surface area (Å²) in [7, 11) is 0. The van der Waals surface area contributed by atoms with Crippen LogP contribution in [0.2, 0.25) is 0 Å². The fourth-order valence-corrected chi connectivity index (χ4v) is 1.05. The molecule has 2 rings (SSSR count). The summed E-state index contributed by atoms with van der Waals surface area (Å²) in [6, 6.07) is 1.86. The molecule has 0 saturated carbocycles. The van der Waals surface area contributed by atoms with Crippen LogP contribution in [0.4, 0.5) is 0 Å². The van der Waals surface area contributed by atoms with Crippen LogP contribution >= 0.6 is 0 Å². The van der Waals surface area contributed by atoms with Gasteiger partial charge in [0, 0.05) is 12.1 Å². The molecule has 0 aliphatic rings. The van der Waals surface area contributed by atoms with Gasteiger partial charge in [0.1, 0.15) is 5.82 Å². The van der Waals surface area contributed by atoms with E-state index in [2.05, 4.69) is 23.8 Å². The van der Waals surface area contributed by atoms with Crippen molar-refractivity contribution in [3.63, 3.8) is 0 Å². The Labute approximate surface area is 70.4 Å². The van der Waals surface area contributed by atoms with Crippen LogP contribution in [0, 0.1) is 0 Å². The number of hydrogen-bond acceptors (Lipinski definition) is 3. The van der Waals surface area contributed by atoms with Crippen molar-refractivity contribution >= 4 is 11.1 Å². The number of furan rings is 1. The van der Waals surface area contributed by atoms with Gasteiger partial charge in [-0.2, -0.15) is 4.98 Å². The largest absolute Gasteiger partial charge is 0.446 e. The highest BCUT2D eigenvalue weighted by atomic mass is 16.3. The number of nitrogens with zero attached hydrogens (tertiary/aromatic N) is 2. The highest BCUT2D eigenvalue weighted by molar-refractivity contribution is 5.71. The third-order valence-electron chi connectivity index (χ3n) is 1.74. The second-order valence-electron chi connectivity index (χ2n) is 3.06. The average Bonchev–Trinajstić information content (AvgIpc) is 2.49. The van der Waals surface area contributed by atoms with Crippen LogP contribution in [-0.2, 0) is 0 Å². The van der Waals surface area contributed by atoms with Crippen LogP contribution in [0.3, 0.4) is 0 Å². The molecule has 12 heavy (non-hydrogen) atoms. The van der Waals surface area contributed by atoms with Gasteiger partial charge < -0.3 is 4.42 Å². The van der Waals surface area contributed by atoms with Gasteiger partial charge in [-0.3, -0.25) is 0 Å². The first-order valence-corrected chi connectivity index (χ1v) is 3.97. The van der Waals surface area contributed by atoms with Crippen molar-refractivity contribution in [2.75, 3.05) is 0 Å². The molecule has 0 atom stereocenters. The smallest absolute Gasteiger partial charge is 0.229 e. The lowest BCUT2D eigenvalue weighted by molar-refractivity contribution is 0.596. The standard InChI is InChI=1S/C9H10N2O/c1-6(2)8-10-5-7-3-4-12-9(7)11-8/h3-6H,1-2H3. The molecule has 3 heteroatoms. The summed E-state index contributed by atoms with van der Waals surface area (Å²) in [5.74, 6) is 1.18. The zero-order chi connectivity index (χ0) is 8.55. The molecular weight excluding hydrogens is 152 g/mol. The van der Waals surface area contributed by atoms with Crippen LogP contribution < -0.4 is 0 Å². The van der Waals surface area contributed by atoms with Crippen molar-refractivity contribution in [3.8, 4) is 0 Å². The average molecular weight is 162 g/mol.